The molecule has 0 radical (unpaired) electrons. The summed E-state index contributed by atoms with van der Waals surface area (Å²) in [5.41, 5.74) is 0.179. The second kappa shape index (κ2) is 12.1. The molecule has 1 aliphatic rings. The minimum absolute atomic E-state index is 0.179. The predicted octanol–water partition coefficient (Wildman–Crippen LogP) is 5.75. The van der Waals surface area contributed by atoms with E-state index in [-0.39, 0.29) is 16.0 Å². The van der Waals surface area contributed by atoms with Gasteiger partial charge in [0.1, 0.15) is 0 Å². The first-order valence-corrected chi connectivity index (χ1v) is 11.6. The van der Waals surface area contributed by atoms with E-state index in [4.69, 9.17) is 0 Å². The molecule has 160 valence electrons. The number of carbonyl (C=O) groups is 1. The van der Waals surface area contributed by atoms with Gasteiger partial charge < -0.3 is 14.8 Å². The van der Waals surface area contributed by atoms with Crippen LogP contribution in [0.2, 0.25) is 0 Å². The molecule has 0 aromatic rings. The van der Waals surface area contributed by atoms with Crippen LogP contribution in [0.15, 0.2) is 0 Å². The Balaban J connectivity index is 2.95. The lowest BCUT2D eigenvalue weighted by atomic mass is 9.62. The molecule has 0 aliphatic heterocycles. The third-order valence-corrected chi connectivity index (χ3v) is 6.67. The third-order valence-electron chi connectivity index (χ3n) is 6.67. The lowest BCUT2D eigenvalue weighted by Gasteiger charge is -2.44. The first kappa shape index (κ1) is 24.4. The number of quaternary nitrogens is 1. The molecule has 0 spiro atoms. The Bertz CT molecular complexity index is 403. The molecule has 0 saturated heterocycles. The normalized spacial score (nSPS) is 16.5. The minimum Gasteiger partial charge on any atom is -0.633 e. The van der Waals surface area contributed by atoms with E-state index < -0.39 is 0 Å². The molecule has 4 heteroatoms. The van der Waals surface area contributed by atoms with Crippen LogP contribution in [0.25, 0.3) is 0 Å². The number of amides is 1. The van der Waals surface area contributed by atoms with Crippen LogP contribution in [0.4, 0.5) is 0 Å². The summed E-state index contributed by atoms with van der Waals surface area (Å²) in [7, 11) is 3.32. The van der Waals surface area contributed by atoms with Gasteiger partial charge in [0.25, 0.3) is 0 Å². The highest BCUT2D eigenvalue weighted by Crippen LogP contribution is 2.48. The van der Waals surface area contributed by atoms with Crippen molar-refractivity contribution in [1.29, 1.82) is 0 Å². The molecule has 4 nitrogen and oxygen atoms in total. The number of nitrogens with zero attached hydrogens (tertiary/aromatic N) is 2. The first-order valence-electron chi connectivity index (χ1n) is 11.6. The molecular weight excluding hydrogens is 336 g/mol. The van der Waals surface area contributed by atoms with Gasteiger partial charge in [0, 0.05) is 13.0 Å². The fourth-order valence-corrected chi connectivity index (χ4v) is 4.86. The zero-order chi connectivity index (χ0) is 20.3. The molecule has 27 heavy (non-hydrogen) atoms. The molecule has 0 N–H and O–H groups in total. The van der Waals surface area contributed by atoms with Gasteiger partial charge in [-0.15, -0.1) is 0 Å². The lowest BCUT2D eigenvalue weighted by molar-refractivity contribution is -0.839. The zero-order valence-electron chi connectivity index (χ0n) is 18.9. The Kier molecular flexibility index (Phi) is 10.9. The van der Waals surface area contributed by atoms with E-state index in [9.17, 15) is 10.0 Å². The van der Waals surface area contributed by atoms with Crippen molar-refractivity contribution >= 4 is 5.91 Å². The summed E-state index contributed by atoms with van der Waals surface area (Å²) in [6.45, 7) is 8.33. The average Bonchev–Trinajstić information content (AvgIpc) is 2.64. The number of hydrogen-bond donors (Lipinski definition) is 0. The number of hydroxylamine groups is 3. The molecular formula is C23H46N2O2. The SMILES string of the molecule is CCCCC(CCCC)(CC(=O)N(CC)CC[N+](C)(C)[O-])C1CCCCC1. The molecule has 1 saturated carbocycles. The van der Waals surface area contributed by atoms with Crippen molar-refractivity contribution < 1.29 is 9.44 Å². The molecule has 1 amide bonds. The highest BCUT2D eigenvalue weighted by atomic mass is 16.5. The molecule has 0 bridgehead atoms. The van der Waals surface area contributed by atoms with Crippen molar-refractivity contribution in [3.8, 4) is 0 Å². The van der Waals surface area contributed by atoms with E-state index in [1.807, 2.05) is 11.8 Å². The van der Waals surface area contributed by atoms with E-state index >= 15 is 0 Å². The fourth-order valence-electron chi connectivity index (χ4n) is 4.86. The van der Waals surface area contributed by atoms with Crippen molar-refractivity contribution in [3.63, 3.8) is 0 Å². The van der Waals surface area contributed by atoms with Crippen molar-refractivity contribution in [1.82, 2.24) is 4.90 Å². The molecule has 0 heterocycles. The topological polar surface area (TPSA) is 43.4 Å². The van der Waals surface area contributed by atoms with Crippen LogP contribution in [0.1, 0.15) is 97.8 Å². The molecule has 0 unspecified atom stereocenters. The average molecular weight is 383 g/mol. The Morgan fingerprint density at radius 1 is 1.04 bits per heavy atom. The van der Waals surface area contributed by atoms with Crippen LogP contribution in [0.3, 0.4) is 0 Å². The van der Waals surface area contributed by atoms with E-state index in [1.54, 1.807) is 14.1 Å². The smallest absolute Gasteiger partial charge is 0.223 e. The number of rotatable bonds is 13. The van der Waals surface area contributed by atoms with Crippen LogP contribution in [0.5, 0.6) is 0 Å². The Morgan fingerprint density at radius 3 is 2.04 bits per heavy atom. The van der Waals surface area contributed by atoms with Gasteiger partial charge >= 0.3 is 0 Å². The third kappa shape index (κ3) is 8.51. The van der Waals surface area contributed by atoms with Crippen molar-refractivity contribution in [2.75, 3.05) is 33.7 Å². The van der Waals surface area contributed by atoms with Crippen molar-refractivity contribution in [2.45, 2.75) is 97.8 Å². The first-order chi connectivity index (χ1) is 12.8. The number of hydrogen-bond acceptors (Lipinski definition) is 2. The molecule has 1 rings (SSSR count). The number of carbonyl (C=O) groups excluding carboxylic acids is 1. The molecule has 0 aromatic carbocycles. The summed E-state index contributed by atoms with van der Waals surface area (Å²) < 4.78 is -0.330. The van der Waals surface area contributed by atoms with Crippen molar-refractivity contribution in [2.24, 2.45) is 11.3 Å². The maximum Gasteiger partial charge on any atom is 0.223 e. The molecule has 1 fully saturated rings. The number of unbranched alkanes of at least 4 members (excludes halogenated alkanes) is 2. The summed E-state index contributed by atoms with van der Waals surface area (Å²) in [5, 5.41) is 12.0. The van der Waals surface area contributed by atoms with E-state index in [0.29, 0.717) is 32.0 Å². The standard InChI is InChI=1S/C23H46N2O2/c1-6-9-16-23(17-10-7-2,21-14-12-11-13-15-21)20-22(26)24(8-3)18-19-25(4,5)27/h21H,6-20H2,1-5H3. The van der Waals surface area contributed by atoms with Gasteiger partial charge in [-0.25, -0.2) is 0 Å². The van der Waals surface area contributed by atoms with E-state index in [0.717, 1.165) is 0 Å². The van der Waals surface area contributed by atoms with Gasteiger partial charge in [-0.3, -0.25) is 4.79 Å². The van der Waals surface area contributed by atoms with Gasteiger partial charge in [-0.2, -0.15) is 0 Å². The summed E-state index contributed by atoms with van der Waals surface area (Å²) >= 11 is 0. The molecule has 0 atom stereocenters. The van der Waals surface area contributed by atoms with Gasteiger partial charge in [0.2, 0.25) is 5.91 Å². The maximum atomic E-state index is 13.3. The number of likely N-dealkylation sites (N-methyl/N-ethyl adjacent to an activating group) is 2. The fraction of sp³-hybridized carbons (Fsp3) is 0.957. The van der Waals surface area contributed by atoms with E-state index in [2.05, 4.69) is 13.8 Å². The van der Waals surface area contributed by atoms with Gasteiger partial charge in [0.15, 0.2) is 0 Å². The molecule has 0 aromatic heterocycles. The minimum atomic E-state index is -0.330. The monoisotopic (exact) mass is 382 g/mol. The Hall–Kier alpha value is -0.610. The second-order valence-corrected chi connectivity index (χ2v) is 9.35. The summed E-state index contributed by atoms with van der Waals surface area (Å²) in [6.07, 6.45) is 14.6. The van der Waals surface area contributed by atoms with Crippen LogP contribution >= 0.6 is 0 Å². The van der Waals surface area contributed by atoms with Gasteiger partial charge in [-0.05, 0) is 43.9 Å². The largest absolute Gasteiger partial charge is 0.633 e. The highest BCUT2D eigenvalue weighted by molar-refractivity contribution is 5.77. The molecule has 1 aliphatic carbocycles. The van der Waals surface area contributed by atoms with Gasteiger partial charge in [0.05, 0.1) is 27.2 Å². The van der Waals surface area contributed by atoms with Crippen LogP contribution in [-0.2, 0) is 4.79 Å². The predicted molar refractivity (Wildman–Crippen MR) is 115 cm³/mol. The van der Waals surface area contributed by atoms with E-state index in [1.165, 1.54) is 70.6 Å². The van der Waals surface area contributed by atoms with Crippen LogP contribution in [0, 0.1) is 16.5 Å². The zero-order valence-corrected chi connectivity index (χ0v) is 18.9. The summed E-state index contributed by atoms with van der Waals surface area (Å²) in [5.74, 6) is 0.988. The summed E-state index contributed by atoms with van der Waals surface area (Å²) in [4.78, 5) is 15.2. The van der Waals surface area contributed by atoms with Gasteiger partial charge in [-0.1, -0.05) is 58.8 Å². The van der Waals surface area contributed by atoms with Crippen LogP contribution < -0.4 is 0 Å². The highest BCUT2D eigenvalue weighted by Gasteiger charge is 2.40. The van der Waals surface area contributed by atoms with Crippen LogP contribution in [-0.4, -0.2) is 49.2 Å². The van der Waals surface area contributed by atoms with Crippen molar-refractivity contribution in [3.05, 3.63) is 5.21 Å². The Labute approximate surface area is 168 Å². The Morgan fingerprint density at radius 2 is 1.59 bits per heavy atom. The summed E-state index contributed by atoms with van der Waals surface area (Å²) in [6, 6.07) is 0. The lowest BCUT2D eigenvalue weighted by Crippen LogP contribution is -2.45. The maximum absolute atomic E-state index is 13.3. The second-order valence-electron chi connectivity index (χ2n) is 9.35. The quantitative estimate of drug-likeness (QED) is 0.301.